The molecule has 0 saturated heterocycles. The molecule has 0 fully saturated rings. The number of aromatic nitrogens is 4. The van der Waals surface area contributed by atoms with Gasteiger partial charge in [-0.15, -0.1) is 0 Å². The first-order chi connectivity index (χ1) is 33.2. The van der Waals surface area contributed by atoms with Gasteiger partial charge in [0.25, 0.3) is 0 Å². The highest BCUT2D eigenvalue weighted by Gasteiger charge is 2.19. The number of hydrogen-bond acceptors (Lipinski definition) is 3. The highest BCUT2D eigenvalue weighted by molar-refractivity contribution is 5.92. The Morgan fingerprint density at radius 3 is 1.33 bits per heavy atom. The number of benzene rings is 7. The Kier molecular flexibility index (Phi) is 11.7. The van der Waals surface area contributed by atoms with Gasteiger partial charge in [0.15, 0.2) is 0 Å². The Morgan fingerprint density at radius 2 is 0.761 bits per heavy atom. The van der Waals surface area contributed by atoms with E-state index in [2.05, 4.69) is 209 Å². The van der Waals surface area contributed by atoms with Crippen molar-refractivity contribution in [3.63, 3.8) is 0 Å². The molecule has 0 saturated carbocycles. The second-order valence-electron chi connectivity index (χ2n) is 17.2. The maximum Gasteiger partial charge on any atom is 0.0702 e. The molecule has 0 bridgehead atoms. The highest BCUT2D eigenvalue weighted by Crippen LogP contribution is 2.39. The third-order valence-corrected chi connectivity index (χ3v) is 12.8. The summed E-state index contributed by atoms with van der Waals surface area (Å²) in [6, 6.07) is 80.9. The van der Waals surface area contributed by atoms with Crippen molar-refractivity contribution in [1.29, 1.82) is 0 Å². The van der Waals surface area contributed by atoms with Crippen LogP contribution < -0.4 is 0 Å². The Bertz CT molecular complexity index is 3290. The van der Waals surface area contributed by atoms with Gasteiger partial charge in [-0.05, 0) is 143 Å². The Labute approximate surface area is 392 Å². The van der Waals surface area contributed by atoms with E-state index in [-0.39, 0.29) is 0 Å². The SMILES string of the molecule is c1ccc(-c2ccc(-c3cc(-c4ccccn4)ccc3-n3c(-c4cc(CCc5ccc(-c6ccccn6)cc5)cc(CCc5ccc(-c6ccccn6)cc5)c4)cc4ccccc43)cc2)cc1. The molecule has 4 heterocycles. The molecule has 0 atom stereocenters. The first-order valence-corrected chi connectivity index (χ1v) is 23.1. The minimum Gasteiger partial charge on any atom is -0.309 e. The second kappa shape index (κ2) is 18.9. The first kappa shape index (κ1) is 41.2. The third-order valence-electron chi connectivity index (χ3n) is 12.8. The Morgan fingerprint density at radius 1 is 0.299 bits per heavy atom. The molecule has 4 aromatic heterocycles. The molecular weight excluding hydrogens is 813 g/mol. The van der Waals surface area contributed by atoms with Crippen LogP contribution in [0.1, 0.15) is 22.3 Å². The van der Waals surface area contributed by atoms with Crippen LogP contribution in [0.4, 0.5) is 0 Å². The molecule has 0 unspecified atom stereocenters. The molecule has 0 radical (unpaired) electrons. The fraction of sp³-hybridized carbons (Fsp3) is 0.0635. The van der Waals surface area contributed by atoms with Gasteiger partial charge >= 0.3 is 0 Å². The standard InChI is InChI=1S/C63H48N4/c1-2-12-49(13-3-1)50-31-33-51(34-32-50)57-43-54(60-17-8-11-39-66-60)35-36-62(57)67-61-18-5-4-14-55(61)44-63(67)56-41-47(21-19-45-23-27-52(28-24-45)58-15-6-9-37-64-58)40-48(42-56)22-20-46-25-29-53(30-26-46)59-16-7-10-38-65-59/h1-18,23-44H,19-22H2. The van der Waals surface area contributed by atoms with Crippen molar-refractivity contribution in [1.82, 2.24) is 19.5 Å². The summed E-state index contributed by atoms with van der Waals surface area (Å²) in [4.78, 5) is 13.9. The van der Waals surface area contributed by atoms with Crippen LogP contribution in [0.3, 0.4) is 0 Å². The van der Waals surface area contributed by atoms with Crippen LogP contribution >= 0.6 is 0 Å². The van der Waals surface area contributed by atoms with Crippen molar-refractivity contribution in [2.45, 2.75) is 25.7 Å². The second-order valence-corrected chi connectivity index (χ2v) is 17.2. The molecule has 11 aromatic rings. The molecule has 4 nitrogen and oxygen atoms in total. The number of hydrogen-bond donors (Lipinski definition) is 0. The topological polar surface area (TPSA) is 43.6 Å². The van der Waals surface area contributed by atoms with Crippen LogP contribution in [0.25, 0.3) is 83.9 Å². The summed E-state index contributed by atoms with van der Waals surface area (Å²) in [6.07, 6.45) is 9.27. The quantitative estimate of drug-likeness (QED) is 0.116. The van der Waals surface area contributed by atoms with Gasteiger partial charge in [-0.3, -0.25) is 15.0 Å². The largest absolute Gasteiger partial charge is 0.309 e. The lowest BCUT2D eigenvalue weighted by molar-refractivity contribution is 0.930. The van der Waals surface area contributed by atoms with Gasteiger partial charge in [0.1, 0.15) is 0 Å². The van der Waals surface area contributed by atoms with Crippen LogP contribution in [0, 0.1) is 0 Å². The molecule has 0 N–H and O–H groups in total. The molecule has 0 aliphatic heterocycles. The number of rotatable bonds is 13. The molecule has 11 rings (SSSR count). The predicted octanol–water partition coefficient (Wildman–Crippen LogP) is 15.4. The van der Waals surface area contributed by atoms with Crippen LogP contribution in [-0.4, -0.2) is 19.5 Å². The lowest BCUT2D eigenvalue weighted by Crippen LogP contribution is -2.02. The summed E-state index contributed by atoms with van der Waals surface area (Å²) in [5.74, 6) is 0. The molecule has 0 aliphatic carbocycles. The summed E-state index contributed by atoms with van der Waals surface area (Å²) in [5, 5.41) is 1.20. The maximum atomic E-state index is 4.77. The van der Waals surface area contributed by atoms with E-state index in [9.17, 15) is 0 Å². The highest BCUT2D eigenvalue weighted by atomic mass is 15.0. The van der Waals surface area contributed by atoms with Gasteiger partial charge < -0.3 is 4.57 Å². The zero-order valence-electron chi connectivity index (χ0n) is 37.2. The van der Waals surface area contributed by atoms with Crippen LogP contribution in [0.15, 0.2) is 243 Å². The number of aryl methyl sites for hydroxylation is 4. The lowest BCUT2D eigenvalue weighted by atomic mass is 9.94. The maximum absolute atomic E-state index is 4.77. The average molecular weight is 861 g/mol. The van der Waals surface area contributed by atoms with Crippen molar-refractivity contribution in [2.24, 2.45) is 0 Å². The zero-order valence-corrected chi connectivity index (χ0v) is 37.2. The molecule has 0 aliphatic rings. The molecule has 0 amide bonds. The Balaban J connectivity index is 0.999. The minimum absolute atomic E-state index is 0.917. The molecule has 67 heavy (non-hydrogen) atoms. The van der Waals surface area contributed by atoms with Gasteiger partial charge in [-0.2, -0.15) is 0 Å². The van der Waals surface area contributed by atoms with Gasteiger partial charge in [0, 0.05) is 46.2 Å². The molecule has 7 aromatic carbocycles. The zero-order chi connectivity index (χ0) is 44.8. The van der Waals surface area contributed by atoms with E-state index in [1.54, 1.807) is 0 Å². The summed E-state index contributed by atoms with van der Waals surface area (Å²) in [7, 11) is 0. The molecule has 0 spiro atoms. The summed E-state index contributed by atoms with van der Waals surface area (Å²) in [5.41, 5.74) is 20.9. The summed E-state index contributed by atoms with van der Waals surface area (Å²) < 4.78 is 2.48. The van der Waals surface area contributed by atoms with E-state index in [4.69, 9.17) is 4.98 Å². The van der Waals surface area contributed by atoms with E-state index in [0.29, 0.717) is 0 Å². The van der Waals surface area contributed by atoms with Gasteiger partial charge in [0.2, 0.25) is 0 Å². The van der Waals surface area contributed by atoms with E-state index in [0.717, 1.165) is 87.5 Å². The number of pyridine rings is 3. The molecular formula is C63H48N4. The van der Waals surface area contributed by atoms with Crippen LogP contribution in [0.5, 0.6) is 0 Å². The van der Waals surface area contributed by atoms with Crippen LogP contribution in [-0.2, 0) is 25.7 Å². The first-order valence-electron chi connectivity index (χ1n) is 23.1. The van der Waals surface area contributed by atoms with E-state index in [1.807, 2.05) is 48.9 Å². The van der Waals surface area contributed by atoms with Crippen molar-refractivity contribution >= 4 is 10.9 Å². The van der Waals surface area contributed by atoms with Crippen molar-refractivity contribution in [2.75, 3.05) is 0 Å². The van der Waals surface area contributed by atoms with E-state index in [1.165, 1.54) is 44.3 Å². The van der Waals surface area contributed by atoms with Crippen LogP contribution in [0.2, 0.25) is 0 Å². The molecule has 320 valence electrons. The van der Waals surface area contributed by atoms with Crippen molar-refractivity contribution < 1.29 is 0 Å². The number of para-hydroxylation sites is 1. The fourth-order valence-electron chi connectivity index (χ4n) is 9.28. The van der Waals surface area contributed by atoms with Gasteiger partial charge in [-0.1, -0.05) is 152 Å². The molecule has 4 heteroatoms. The normalized spacial score (nSPS) is 11.2. The smallest absolute Gasteiger partial charge is 0.0702 e. The monoisotopic (exact) mass is 860 g/mol. The number of nitrogens with zero attached hydrogens (tertiary/aromatic N) is 4. The van der Waals surface area contributed by atoms with E-state index < -0.39 is 0 Å². The average Bonchev–Trinajstić information content (AvgIpc) is 3.80. The van der Waals surface area contributed by atoms with Crippen molar-refractivity contribution in [3.8, 4) is 73.0 Å². The minimum atomic E-state index is 0.917. The lowest BCUT2D eigenvalue weighted by Gasteiger charge is -2.19. The van der Waals surface area contributed by atoms with Crippen molar-refractivity contribution in [3.05, 3.63) is 265 Å². The summed E-state index contributed by atoms with van der Waals surface area (Å²) in [6.45, 7) is 0. The van der Waals surface area contributed by atoms with Gasteiger partial charge in [0.05, 0.1) is 34.0 Å². The van der Waals surface area contributed by atoms with Gasteiger partial charge in [-0.25, -0.2) is 0 Å². The summed E-state index contributed by atoms with van der Waals surface area (Å²) >= 11 is 0. The fourth-order valence-corrected chi connectivity index (χ4v) is 9.28. The predicted molar refractivity (Wildman–Crippen MR) is 277 cm³/mol. The Hall–Kier alpha value is -8.47. The third kappa shape index (κ3) is 9.11. The van der Waals surface area contributed by atoms with E-state index >= 15 is 0 Å². The number of fused-ring (bicyclic) bond motifs is 1.